The summed E-state index contributed by atoms with van der Waals surface area (Å²) in [7, 11) is 0.147. The molecule has 112 valence electrons. The van der Waals surface area contributed by atoms with Gasteiger partial charge in [-0.2, -0.15) is 0 Å². The van der Waals surface area contributed by atoms with E-state index < -0.39 is 6.67 Å². The Morgan fingerprint density at radius 1 is 1.25 bits per heavy atom. The zero-order valence-electron chi connectivity index (χ0n) is 12.2. The van der Waals surface area contributed by atoms with Crippen LogP contribution in [0.25, 0.3) is 0 Å². The summed E-state index contributed by atoms with van der Waals surface area (Å²) in [6.07, 6.45) is 4.68. The summed E-state index contributed by atoms with van der Waals surface area (Å²) in [5.74, 6) is 1.46. The first-order valence-corrected chi connectivity index (χ1v) is 10.1. The Bertz CT molecular complexity index is 417. The molecule has 1 fully saturated rings. The predicted molar refractivity (Wildman–Crippen MR) is 81.8 cm³/mol. The van der Waals surface area contributed by atoms with Crippen LogP contribution in [0.5, 0.6) is 5.75 Å². The number of halogens is 2. The minimum Gasteiger partial charge on any atom is -0.491 e. The molecule has 0 amide bonds. The van der Waals surface area contributed by atoms with E-state index in [1.165, 1.54) is 25.0 Å². The van der Waals surface area contributed by atoms with E-state index in [9.17, 15) is 8.78 Å². The highest BCUT2D eigenvalue weighted by Crippen LogP contribution is 2.38. The van der Waals surface area contributed by atoms with Crippen molar-refractivity contribution >= 4 is 9.52 Å². The lowest BCUT2D eigenvalue weighted by Crippen LogP contribution is -2.15. The molecule has 20 heavy (non-hydrogen) atoms. The molecule has 1 aliphatic carbocycles. The fourth-order valence-corrected chi connectivity index (χ4v) is 4.65. The van der Waals surface area contributed by atoms with Crippen LogP contribution >= 0.6 is 0 Å². The Morgan fingerprint density at radius 3 is 2.60 bits per heavy atom. The van der Waals surface area contributed by atoms with Crippen LogP contribution < -0.4 is 4.74 Å². The second kappa shape index (κ2) is 7.77. The second-order valence-corrected chi connectivity index (χ2v) is 7.30. The molecular weight excluding hydrogens is 274 g/mol. The van der Waals surface area contributed by atoms with Gasteiger partial charge < -0.3 is 4.74 Å². The van der Waals surface area contributed by atoms with Crippen molar-refractivity contribution in [1.29, 1.82) is 0 Å². The zero-order chi connectivity index (χ0) is 14.4. The van der Waals surface area contributed by atoms with Crippen LogP contribution in [0.1, 0.15) is 37.2 Å². The van der Waals surface area contributed by atoms with Gasteiger partial charge in [0.25, 0.3) is 0 Å². The van der Waals surface area contributed by atoms with Gasteiger partial charge in [0.15, 0.2) is 0 Å². The maximum Gasteiger partial charge on any atom is 0.130 e. The molecule has 1 saturated carbocycles. The largest absolute Gasteiger partial charge is 0.491 e. The monoisotopic (exact) mass is 298 g/mol. The summed E-state index contributed by atoms with van der Waals surface area (Å²) in [5.41, 5.74) is 0.810. The van der Waals surface area contributed by atoms with Crippen molar-refractivity contribution in [2.24, 2.45) is 5.92 Å². The Morgan fingerprint density at radius 2 is 2.00 bits per heavy atom. The highest BCUT2D eigenvalue weighted by molar-refractivity contribution is 6.33. The van der Waals surface area contributed by atoms with Crippen molar-refractivity contribution in [3.8, 4) is 5.75 Å². The van der Waals surface area contributed by atoms with Crippen molar-refractivity contribution in [2.75, 3.05) is 13.3 Å². The highest BCUT2D eigenvalue weighted by Gasteiger charge is 2.24. The number of alkyl halides is 1. The van der Waals surface area contributed by atoms with Crippen molar-refractivity contribution in [1.82, 2.24) is 0 Å². The van der Waals surface area contributed by atoms with Crippen molar-refractivity contribution in [3.63, 3.8) is 0 Å². The van der Waals surface area contributed by atoms with Gasteiger partial charge in [0, 0.05) is 15.6 Å². The number of hydrogen-bond donors (Lipinski definition) is 0. The van der Waals surface area contributed by atoms with E-state index in [4.69, 9.17) is 4.74 Å². The third-order valence-corrected chi connectivity index (χ3v) is 5.70. The van der Waals surface area contributed by atoms with Crippen LogP contribution in [0.3, 0.4) is 0 Å². The van der Waals surface area contributed by atoms with Crippen molar-refractivity contribution in [2.45, 2.75) is 44.2 Å². The van der Waals surface area contributed by atoms with Crippen molar-refractivity contribution < 1.29 is 13.5 Å². The van der Waals surface area contributed by atoms with Crippen LogP contribution in [0, 0.1) is 11.7 Å². The molecule has 0 heterocycles. The van der Waals surface area contributed by atoms with E-state index in [0.717, 1.165) is 24.3 Å². The quantitative estimate of drug-likeness (QED) is 0.719. The summed E-state index contributed by atoms with van der Waals surface area (Å²) in [5, 5.41) is 0. The molecule has 0 N–H and O–H groups in total. The van der Waals surface area contributed by atoms with Crippen molar-refractivity contribution in [3.05, 3.63) is 29.6 Å². The lowest BCUT2D eigenvalue weighted by atomic mass is 9.79. The molecule has 1 nitrogen and oxygen atoms in total. The molecule has 0 spiro atoms. The lowest BCUT2D eigenvalue weighted by molar-refractivity contribution is 0.271. The molecule has 1 aliphatic rings. The van der Waals surface area contributed by atoms with Gasteiger partial charge in [-0.25, -0.2) is 8.78 Å². The maximum atomic E-state index is 14.1. The first-order valence-electron chi connectivity index (χ1n) is 7.72. The van der Waals surface area contributed by atoms with E-state index >= 15 is 0 Å². The normalized spacial score (nSPS) is 23.4. The minimum atomic E-state index is -0.547. The third kappa shape index (κ3) is 4.04. The van der Waals surface area contributed by atoms with Gasteiger partial charge in [0.05, 0.1) is 0 Å². The molecule has 0 unspecified atom stereocenters. The average molecular weight is 298 g/mol. The third-order valence-electron chi connectivity index (χ3n) is 4.30. The van der Waals surface area contributed by atoms with Gasteiger partial charge >= 0.3 is 0 Å². The molecule has 0 atom stereocenters. The topological polar surface area (TPSA) is 9.23 Å². The number of hydrogen-bond acceptors (Lipinski definition) is 1. The highest BCUT2D eigenvalue weighted by atomic mass is 28.2. The Balaban J connectivity index is 1.96. The summed E-state index contributed by atoms with van der Waals surface area (Å²) in [4.78, 5) is 0. The Kier molecular flexibility index (Phi) is 6.01. The molecule has 0 aromatic heterocycles. The first kappa shape index (κ1) is 15.5. The number of benzene rings is 1. The zero-order valence-corrected chi connectivity index (χ0v) is 13.6. The predicted octanol–water partition coefficient (Wildman–Crippen LogP) is 4.08. The van der Waals surface area contributed by atoms with Crippen LogP contribution in [-0.2, 0) is 0 Å². The fourth-order valence-electron chi connectivity index (χ4n) is 3.26. The fraction of sp³-hybridized carbons (Fsp3) is 0.625. The Hall–Kier alpha value is -0.903. The molecule has 1 aromatic carbocycles. The molecule has 1 aromatic rings. The lowest BCUT2D eigenvalue weighted by Gasteiger charge is -2.28. The molecular formula is C16H24F2OSi. The summed E-state index contributed by atoms with van der Waals surface area (Å²) in [6.45, 7) is 1.81. The van der Waals surface area contributed by atoms with Gasteiger partial charge in [0.1, 0.15) is 24.8 Å². The molecule has 0 aliphatic heterocycles. The summed E-state index contributed by atoms with van der Waals surface area (Å²) < 4.78 is 31.3. The van der Waals surface area contributed by atoms with Gasteiger partial charge in [-0.3, -0.25) is 0 Å². The average Bonchev–Trinajstić information content (AvgIpc) is 2.47. The summed E-state index contributed by atoms with van der Waals surface area (Å²) in [6, 6.07) is 6.42. The smallest absolute Gasteiger partial charge is 0.130 e. The van der Waals surface area contributed by atoms with Crippen LogP contribution in [0.15, 0.2) is 18.2 Å². The van der Waals surface area contributed by atoms with Gasteiger partial charge in [-0.15, -0.1) is 0 Å². The Labute approximate surface area is 122 Å². The molecule has 0 saturated heterocycles. The molecule has 2 rings (SSSR count). The SMILES string of the molecule is C[SiH2]CC1CCC(c2ccc(OCCF)cc2F)CC1. The summed E-state index contributed by atoms with van der Waals surface area (Å²) >= 11 is 0. The van der Waals surface area contributed by atoms with Gasteiger partial charge in [-0.05, 0) is 36.3 Å². The van der Waals surface area contributed by atoms with Crippen LogP contribution in [-0.4, -0.2) is 22.8 Å². The van der Waals surface area contributed by atoms with Crippen LogP contribution in [0.4, 0.5) is 8.78 Å². The molecule has 0 radical (unpaired) electrons. The first-order chi connectivity index (χ1) is 9.74. The number of ether oxygens (including phenoxy) is 1. The van der Waals surface area contributed by atoms with Gasteiger partial charge in [0.2, 0.25) is 0 Å². The minimum absolute atomic E-state index is 0.00913. The number of rotatable bonds is 6. The van der Waals surface area contributed by atoms with E-state index in [0.29, 0.717) is 11.7 Å². The van der Waals surface area contributed by atoms with E-state index in [1.807, 2.05) is 6.07 Å². The van der Waals surface area contributed by atoms with E-state index in [-0.39, 0.29) is 21.9 Å². The van der Waals surface area contributed by atoms with E-state index in [2.05, 4.69) is 6.55 Å². The molecule has 0 bridgehead atoms. The second-order valence-electron chi connectivity index (χ2n) is 5.73. The van der Waals surface area contributed by atoms with E-state index in [1.54, 1.807) is 6.07 Å². The van der Waals surface area contributed by atoms with Crippen LogP contribution in [0.2, 0.25) is 12.6 Å². The maximum absolute atomic E-state index is 14.1. The molecule has 4 heteroatoms. The standard InChI is InChI=1S/C16H24F2OSi/c1-20-11-12-2-4-13(5-3-12)15-7-6-14(10-16(15)18)19-9-8-17/h6-7,10,12-13H,2-5,8-9,11,20H2,1H3. The van der Waals surface area contributed by atoms with Gasteiger partial charge in [-0.1, -0.05) is 31.5 Å².